The maximum Gasteiger partial charge on any atom is 0.324 e. The van der Waals surface area contributed by atoms with Crippen LogP contribution in [0.5, 0.6) is 5.75 Å². The number of nitrogens with zero attached hydrogens (tertiary/aromatic N) is 2. The summed E-state index contributed by atoms with van der Waals surface area (Å²) in [6, 6.07) is 7.06. The van der Waals surface area contributed by atoms with Crippen LogP contribution in [-0.4, -0.2) is 71.3 Å². The quantitative estimate of drug-likeness (QED) is 0.716. The number of carbonyl (C=O) groups is 2. The lowest BCUT2D eigenvalue weighted by Crippen LogP contribution is -2.48. The molecule has 0 saturated carbocycles. The van der Waals surface area contributed by atoms with Crippen molar-refractivity contribution >= 4 is 11.9 Å². The minimum Gasteiger partial charge on any atom is -0.497 e. The summed E-state index contributed by atoms with van der Waals surface area (Å²) in [5.41, 5.74) is -0.211. The van der Waals surface area contributed by atoms with Gasteiger partial charge in [0.15, 0.2) is 0 Å². The number of carbonyl (C=O) groups excluding carboxylic acids is 1. The van der Waals surface area contributed by atoms with Crippen molar-refractivity contribution in [2.75, 3.05) is 33.9 Å². The van der Waals surface area contributed by atoms with Crippen molar-refractivity contribution in [3.63, 3.8) is 0 Å². The van der Waals surface area contributed by atoms with E-state index in [1.165, 1.54) is 0 Å². The van der Waals surface area contributed by atoms with Gasteiger partial charge in [-0.25, -0.2) is 0 Å². The van der Waals surface area contributed by atoms with Crippen LogP contribution in [0.1, 0.15) is 38.3 Å². The minimum atomic E-state index is -1.09. The van der Waals surface area contributed by atoms with E-state index in [0.717, 1.165) is 5.56 Å². The van der Waals surface area contributed by atoms with E-state index in [1.54, 1.807) is 19.1 Å². The van der Waals surface area contributed by atoms with Crippen molar-refractivity contribution in [3.05, 3.63) is 29.8 Å². The Morgan fingerprint density at radius 3 is 2.37 bits per heavy atom. The van der Waals surface area contributed by atoms with Crippen LogP contribution >= 0.6 is 0 Å². The van der Waals surface area contributed by atoms with Gasteiger partial charge in [0.1, 0.15) is 11.3 Å². The predicted octanol–water partition coefficient (Wildman–Crippen LogP) is 1.76. The zero-order valence-corrected chi connectivity index (χ0v) is 16.5. The average molecular weight is 378 g/mol. The molecule has 1 amide bonds. The fraction of sp³-hybridized carbons (Fsp3) is 0.600. The molecule has 1 aliphatic rings. The van der Waals surface area contributed by atoms with Crippen molar-refractivity contribution in [1.82, 2.24) is 9.80 Å². The number of hydrogen-bond acceptors (Lipinski definition) is 5. The van der Waals surface area contributed by atoms with Crippen LogP contribution in [0, 0.1) is 5.92 Å². The number of likely N-dealkylation sites (tertiary alicyclic amines) is 1. The first-order chi connectivity index (χ1) is 12.9. The lowest BCUT2D eigenvalue weighted by atomic mass is 9.86. The fourth-order valence-corrected chi connectivity index (χ4v) is 4.20. The molecule has 3 atom stereocenters. The smallest absolute Gasteiger partial charge is 0.324 e. The Hall–Kier alpha value is -2.12. The zero-order chi connectivity index (χ0) is 20.2. The molecular weight excluding hydrogens is 348 g/mol. The summed E-state index contributed by atoms with van der Waals surface area (Å²) in [7, 11) is 3.37. The van der Waals surface area contributed by atoms with Crippen LogP contribution in [0.15, 0.2) is 24.3 Å². The number of ether oxygens (including phenoxy) is 1. The third-order valence-electron chi connectivity index (χ3n) is 5.85. The normalized spacial score (nSPS) is 25.4. The largest absolute Gasteiger partial charge is 0.497 e. The molecule has 1 saturated heterocycles. The first-order valence-electron chi connectivity index (χ1n) is 9.36. The van der Waals surface area contributed by atoms with E-state index in [0.29, 0.717) is 18.7 Å². The molecule has 2 rings (SSSR count). The summed E-state index contributed by atoms with van der Waals surface area (Å²) in [6.07, 6.45) is 0.647. The molecule has 1 aliphatic heterocycles. The minimum absolute atomic E-state index is 0.115. The first kappa shape index (κ1) is 21.2. The molecule has 27 heavy (non-hydrogen) atoms. The van der Waals surface area contributed by atoms with E-state index in [-0.39, 0.29) is 31.5 Å². The number of carboxylic acid groups (broad SMARTS) is 1. The van der Waals surface area contributed by atoms with Gasteiger partial charge in [-0.2, -0.15) is 0 Å². The monoisotopic (exact) mass is 378 g/mol. The molecule has 7 heteroatoms. The van der Waals surface area contributed by atoms with Crippen molar-refractivity contribution in [3.8, 4) is 5.75 Å². The molecule has 0 aromatic heterocycles. The number of aliphatic hydroxyl groups is 1. The van der Waals surface area contributed by atoms with E-state index in [1.807, 2.05) is 43.0 Å². The first-order valence-corrected chi connectivity index (χ1v) is 9.36. The van der Waals surface area contributed by atoms with Crippen molar-refractivity contribution in [1.29, 1.82) is 0 Å². The third kappa shape index (κ3) is 3.80. The second-order valence-corrected chi connectivity index (χ2v) is 6.97. The van der Waals surface area contributed by atoms with Crippen LogP contribution in [0.25, 0.3) is 0 Å². The van der Waals surface area contributed by atoms with Crippen LogP contribution < -0.4 is 4.74 Å². The van der Waals surface area contributed by atoms with E-state index in [9.17, 15) is 19.8 Å². The van der Waals surface area contributed by atoms with Crippen LogP contribution in [0.3, 0.4) is 0 Å². The summed E-state index contributed by atoms with van der Waals surface area (Å²) in [5, 5.41) is 19.2. The number of aliphatic hydroxyl groups excluding tert-OH is 1. The SMILES string of the molecule is CCN(CCO)C(=O)[C@H]1C[C@@](CC)(C(=O)O)N(C)[C@H]1c1ccc(OC)cc1. The highest BCUT2D eigenvalue weighted by atomic mass is 16.5. The average Bonchev–Trinajstić information content (AvgIpc) is 2.99. The lowest BCUT2D eigenvalue weighted by molar-refractivity contribution is -0.150. The highest BCUT2D eigenvalue weighted by Crippen LogP contribution is 2.48. The Morgan fingerprint density at radius 2 is 1.93 bits per heavy atom. The molecule has 150 valence electrons. The molecule has 0 bridgehead atoms. The maximum absolute atomic E-state index is 13.2. The van der Waals surface area contributed by atoms with Crippen LogP contribution in [-0.2, 0) is 9.59 Å². The van der Waals surface area contributed by atoms with E-state index in [4.69, 9.17) is 4.74 Å². The molecule has 1 aromatic rings. The van der Waals surface area contributed by atoms with Gasteiger partial charge in [-0.05, 0) is 44.5 Å². The molecule has 1 fully saturated rings. The van der Waals surface area contributed by atoms with Gasteiger partial charge in [0, 0.05) is 19.1 Å². The molecule has 2 N–H and O–H groups in total. The zero-order valence-electron chi connectivity index (χ0n) is 16.5. The molecule has 0 aliphatic carbocycles. The molecule has 1 heterocycles. The summed E-state index contributed by atoms with van der Waals surface area (Å²) >= 11 is 0. The van der Waals surface area contributed by atoms with Crippen LogP contribution in [0.2, 0.25) is 0 Å². The highest BCUT2D eigenvalue weighted by molar-refractivity contribution is 5.85. The molecular formula is C20H30N2O5. The second kappa shape index (κ2) is 8.71. The van der Waals surface area contributed by atoms with Crippen molar-refractivity contribution in [2.45, 2.75) is 38.3 Å². The van der Waals surface area contributed by atoms with E-state index < -0.39 is 17.4 Å². The number of methoxy groups -OCH3 is 1. The maximum atomic E-state index is 13.2. The number of amides is 1. The van der Waals surface area contributed by atoms with Gasteiger partial charge in [-0.3, -0.25) is 14.5 Å². The summed E-state index contributed by atoms with van der Waals surface area (Å²) in [6.45, 7) is 4.30. The van der Waals surface area contributed by atoms with Gasteiger partial charge in [0.05, 0.1) is 19.6 Å². The van der Waals surface area contributed by atoms with Crippen molar-refractivity contribution < 1.29 is 24.5 Å². The number of benzene rings is 1. The van der Waals surface area contributed by atoms with Crippen LogP contribution in [0.4, 0.5) is 0 Å². The van der Waals surface area contributed by atoms with Gasteiger partial charge in [0.25, 0.3) is 0 Å². The van der Waals surface area contributed by atoms with Crippen molar-refractivity contribution in [2.24, 2.45) is 5.92 Å². The standard InChI is InChI=1S/C20H30N2O5/c1-5-20(19(25)26)13-16(18(24)22(6-2)11-12-23)17(21(20)3)14-7-9-15(27-4)10-8-14/h7-10,16-17,23H,5-6,11-13H2,1-4H3,(H,25,26)/t16-,17-,20-/m0/s1. The Bertz CT molecular complexity index is 663. The van der Waals surface area contributed by atoms with Gasteiger partial charge in [-0.1, -0.05) is 19.1 Å². The summed E-state index contributed by atoms with van der Waals surface area (Å²) in [5.74, 6) is -0.814. The number of carboxylic acids is 1. The number of rotatable bonds is 8. The Kier molecular flexibility index (Phi) is 6.84. The molecule has 0 spiro atoms. The van der Waals surface area contributed by atoms with Gasteiger partial charge in [-0.15, -0.1) is 0 Å². The van der Waals surface area contributed by atoms with E-state index >= 15 is 0 Å². The molecule has 0 unspecified atom stereocenters. The Labute approximate surface area is 160 Å². The molecule has 1 aromatic carbocycles. The lowest BCUT2D eigenvalue weighted by Gasteiger charge is -2.34. The second-order valence-electron chi connectivity index (χ2n) is 6.97. The van der Waals surface area contributed by atoms with Gasteiger partial charge in [0.2, 0.25) is 5.91 Å². The molecule has 7 nitrogen and oxygen atoms in total. The highest BCUT2D eigenvalue weighted by Gasteiger charge is 2.56. The Morgan fingerprint density at radius 1 is 1.30 bits per heavy atom. The molecule has 0 radical (unpaired) electrons. The van der Waals surface area contributed by atoms with E-state index in [2.05, 4.69) is 0 Å². The number of aliphatic carboxylic acids is 1. The number of likely N-dealkylation sites (N-methyl/N-ethyl adjacent to an activating group) is 2. The fourth-order valence-electron chi connectivity index (χ4n) is 4.20. The van der Waals surface area contributed by atoms with Gasteiger partial charge < -0.3 is 19.8 Å². The number of hydrogen-bond donors (Lipinski definition) is 2. The van der Waals surface area contributed by atoms with Gasteiger partial charge >= 0.3 is 5.97 Å². The summed E-state index contributed by atoms with van der Waals surface area (Å²) in [4.78, 5) is 28.8. The topological polar surface area (TPSA) is 90.3 Å². The predicted molar refractivity (Wildman–Crippen MR) is 102 cm³/mol. The Balaban J connectivity index is 2.48. The third-order valence-corrected chi connectivity index (χ3v) is 5.85. The summed E-state index contributed by atoms with van der Waals surface area (Å²) < 4.78 is 5.21.